The summed E-state index contributed by atoms with van der Waals surface area (Å²) in [6.07, 6.45) is 0.155. The highest BCUT2D eigenvalue weighted by Gasteiger charge is 2.49. The number of aryl methyl sites for hydroxylation is 1. The molecule has 0 aliphatic carbocycles. The van der Waals surface area contributed by atoms with Crippen molar-refractivity contribution in [3.8, 4) is 0 Å². The van der Waals surface area contributed by atoms with Crippen molar-refractivity contribution in [2.24, 2.45) is 0 Å². The summed E-state index contributed by atoms with van der Waals surface area (Å²) in [6, 6.07) is 3.28. The van der Waals surface area contributed by atoms with Crippen LogP contribution in [0.1, 0.15) is 11.3 Å². The summed E-state index contributed by atoms with van der Waals surface area (Å²) < 4.78 is 31.2. The van der Waals surface area contributed by atoms with Crippen LogP contribution in [0.25, 0.3) is 0 Å². The minimum Gasteiger partial charge on any atom is -0.479 e. The topological polar surface area (TPSA) is 83.9 Å². The number of hydrogen-bond acceptors (Lipinski definition) is 5. The lowest BCUT2D eigenvalue weighted by atomic mass is 10.0. The summed E-state index contributed by atoms with van der Waals surface area (Å²) in [5, 5.41) is 9.18. The predicted molar refractivity (Wildman–Crippen MR) is 69.8 cm³/mol. The molecular formula is C11H15NO5S2. The molecule has 106 valence electrons. The van der Waals surface area contributed by atoms with E-state index in [0.717, 1.165) is 4.88 Å². The van der Waals surface area contributed by atoms with E-state index in [2.05, 4.69) is 0 Å². The van der Waals surface area contributed by atoms with Gasteiger partial charge in [0.25, 0.3) is 10.0 Å². The number of sulfonamides is 1. The highest BCUT2D eigenvalue weighted by Crippen LogP contribution is 2.32. The van der Waals surface area contributed by atoms with Crippen molar-refractivity contribution in [2.45, 2.75) is 23.2 Å². The van der Waals surface area contributed by atoms with Gasteiger partial charge in [-0.1, -0.05) is 0 Å². The minimum atomic E-state index is -3.62. The molecule has 1 saturated heterocycles. The molecule has 1 atom stereocenters. The lowest BCUT2D eigenvalue weighted by Crippen LogP contribution is -2.44. The monoisotopic (exact) mass is 305 g/mol. The zero-order valence-corrected chi connectivity index (χ0v) is 12.3. The summed E-state index contributed by atoms with van der Waals surface area (Å²) in [6.45, 7) is 1.82. The molecule has 0 radical (unpaired) electrons. The normalized spacial score (nSPS) is 24.7. The SMILES string of the molecule is COC1(C(=O)O)CCN(S(=O)(=O)c2ccc(C)s2)C1. The Hall–Kier alpha value is -0.960. The molecule has 1 aliphatic rings. The van der Waals surface area contributed by atoms with Crippen molar-refractivity contribution in [1.29, 1.82) is 0 Å². The van der Waals surface area contributed by atoms with Crippen LogP contribution in [0.3, 0.4) is 0 Å². The Morgan fingerprint density at radius 1 is 1.53 bits per heavy atom. The molecule has 0 amide bonds. The lowest BCUT2D eigenvalue weighted by molar-refractivity contribution is -0.160. The van der Waals surface area contributed by atoms with Crippen LogP contribution in [0.4, 0.5) is 0 Å². The third-order valence-corrected chi connectivity index (χ3v) is 6.60. The molecule has 8 heteroatoms. The molecule has 6 nitrogen and oxygen atoms in total. The Morgan fingerprint density at radius 3 is 2.63 bits per heavy atom. The van der Waals surface area contributed by atoms with Gasteiger partial charge in [-0.25, -0.2) is 13.2 Å². The first-order valence-corrected chi connectivity index (χ1v) is 7.93. The summed E-state index contributed by atoms with van der Waals surface area (Å²) in [5.41, 5.74) is -1.43. The van der Waals surface area contributed by atoms with Crippen molar-refractivity contribution < 1.29 is 23.1 Å². The van der Waals surface area contributed by atoms with Crippen LogP contribution in [-0.2, 0) is 19.6 Å². The molecule has 19 heavy (non-hydrogen) atoms. The first-order valence-electron chi connectivity index (χ1n) is 5.67. The molecule has 0 saturated carbocycles. The van der Waals surface area contributed by atoms with Crippen LogP contribution >= 0.6 is 11.3 Å². The van der Waals surface area contributed by atoms with E-state index in [-0.39, 0.29) is 23.7 Å². The number of methoxy groups -OCH3 is 1. The fourth-order valence-electron chi connectivity index (χ4n) is 2.06. The van der Waals surface area contributed by atoms with Crippen LogP contribution < -0.4 is 0 Å². The third kappa shape index (κ3) is 2.40. The van der Waals surface area contributed by atoms with E-state index in [1.165, 1.54) is 22.8 Å². The molecule has 0 spiro atoms. The Kier molecular flexibility index (Phi) is 3.69. The Labute approximate surface area is 115 Å². The number of thiophene rings is 1. The second-order valence-corrected chi connectivity index (χ2v) is 7.91. The predicted octanol–water partition coefficient (Wildman–Crippen LogP) is 0.921. The first-order chi connectivity index (χ1) is 8.82. The number of nitrogens with zero attached hydrogens (tertiary/aromatic N) is 1. The highest BCUT2D eigenvalue weighted by atomic mass is 32.2. The standard InChI is InChI=1S/C11H15NO5S2/c1-8-3-4-9(18-8)19(15,16)12-6-5-11(7-12,17-2)10(13)14/h3-4H,5-7H2,1-2H3,(H,13,14). The molecule has 1 aromatic heterocycles. The zero-order chi connectivity index (χ0) is 14.3. The van der Waals surface area contributed by atoms with Gasteiger partial charge in [-0.3, -0.25) is 0 Å². The van der Waals surface area contributed by atoms with E-state index in [4.69, 9.17) is 4.74 Å². The second-order valence-electron chi connectivity index (χ2n) is 4.46. The van der Waals surface area contributed by atoms with E-state index in [1.54, 1.807) is 12.1 Å². The van der Waals surface area contributed by atoms with Gasteiger partial charge >= 0.3 is 5.97 Å². The number of ether oxygens (including phenoxy) is 1. The van der Waals surface area contributed by atoms with Gasteiger partial charge < -0.3 is 9.84 Å². The minimum absolute atomic E-state index is 0.152. The van der Waals surface area contributed by atoms with Crippen molar-refractivity contribution in [1.82, 2.24) is 4.31 Å². The number of carbonyl (C=O) groups is 1. The average molecular weight is 305 g/mol. The molecule has 0 bridgehead atoms. The summed E-state index contributed by atoms with van der Waals surface area (Å²) in [5.74, 6) is -1.13. The molecule has 1 aromatic rings. The highest BCUT2D eigenvalue weighted by molar-refractivity contribution is 7.91. The molecule has 2 heterocycles. The molecular weight excluding hydrogens is 290 g/mol. The fourth-order valence-corrected chi connectivity index (χ4v) is 4.99. The van der Waals surface area contributed by atoms with Gasteiger partial charge in [-0.05, 0) is 19.1 Å². The molecule has 0 aromatic carbocycles. The maximum absolute atomic E-state index is 12.4. The maximum atomic E-state index is 12.4. The van der Waals surface area contributed by atoms with Gasteiger partial charge in [-0.2, -0.15) is 4.31 Å². The van der Waals surface area contributed by atoms with Gasteiger partial charge in [0.2, 0.25) is 0 Å². The van der Waals surface area contributed by atoms with Crippen LogP contribution in [0.5, 0.6) is 0 Å². The van der Waals surface area contributed by atoms with Gasteiger partial charge in [-0.15, -0.1) is 11.3 Å². The number of rotatable bonds is 4. The maximum Gasteiger partial charge on any atom is 0.337 e. The average Bonchev–Trinajstić information content (AvgIpc) is 2.96. The second kappa shape index (κ2) is 4.86. The molecule has 2 rings (SSSR count). The Bertz CT molecular complexity index is 594. The van der Waals surface area contributed by atoms with Crippen LogP contribution in [0.2, 0.25) is 0 Å². The summed E-state index contributed by atoms with van der Waals surface area (Å²) >= 11 is 1.18. The van der Waals surface area contributed by atoms with Crippen LogP contribution in [0.15, 0.2) is 16.3 Å². The van der Waals surface area contributed by atoms with Crippen molar-refractivity contribution in [2.75, 3.05) is 20.2 Å². The summed E-state index contributed by atoms with van der Waals surface area (Å²) in [4.78, 5) is 12.1. The third-order valence-electron chi connectivity index (χ3n) is 3.29. The number of aliphatic carboxylic acids is 1. The van der Waals surface area contributed by atoms with E-state index >= 15 is 0 Å². The van der Waals surface area contributed by atoms with Gasteiger partial charge in [0.1, 0.15) is 4.21 Å². The largest absolute Gasteiger partial charge is 0.479 e. The van der Waals surface area contributed by atoms with Crippen molar-refractivity contribution in [3.63, 3.8) is 0 Å². The van der Waals surface area contributed by atoms with Crippen molar-refractivity contribution >= 4 is 27.3 Å². The van der Waals surface area contributed by atoms with Gasteiger partial charge in [0, 0.05) is 25.0 Å². The van der Waals surface area contributed by atoms with E-state index < -0.39 is 21.6 Å². The van der Waals surface area contributed by atoms with E-state index in [9.17, 15) is 18.3 Å². The van der Waals surface area contributed by atoms with Gasteiger partial charge in [0.15, 0.2) is 5.60 Å². The first kappa shape index (κ1) is 14.4. The van der Waals surface area contributed by atoms with Crippen molar-refractivity contribution in [3.05, 3.63) is 17.0 Å². The van der Waals surface area contributed by atoms with E-state index in [1.807, 2.05) is 6.92 Å². The summed E-state index contributed by atoms with van der Waals surface area (Å²) in [7, 11) is -2.33. The lowest BCUT2D eigenvalue weighted by Gasteiger charge is -2.22. The van der Waals surface area contributed by atoms with Gasteiger partial charge in [0.05, 0.1) is 6.54 Å². The van der Waals surface area contributed by atoms with Crippen LogP contribution in [0, 0.1) is 6.92 Å². The smallest absolute Gasteiger partial charge is 0.337 e. The zero-order valence-electron chi connectivity index (χ0n) is 10.6. The Balaban J connectivity index is 2.28. The quantitative estimate of drug-likeness (QED) is 0.894. The fraction of sp³-hybridized carbons (Fsp3) is 0.545. The molecule has 1 unspecified atom stereocenters. The number of carboxylic acids is 1. The number of carboxylic acid groups (broad SMARTS) is 1. The van der Waals surface area contributed by atoms with E-state index in [0.29, 0.717) is 0 Å². The molecule has 1 fully saturated rings. The molecule has 1 N–H and O–H groups in total. The Morgan fingerprint density at radius 2 is 2.21 bits per heavy atom. The van der Waals surface area contributed by atoms with Crippen LogP contribution in [-0.4, -0.2) is 49.6 Å². The number of hydrogen-bond donors (Lipinski definition) is 1. The molecule has 1 aliphatic heterocycles.